The zero-order valence-electron chi connectivity index (χ0n) is 16.8. The van der Waals surface area contributed by atoms with Gasteiger partial charge in [-0.05, 0) is 48.9 Å². The molecule has 6 heteroatoms. The number of carbonyl (C=O) groups is 1. The van der Waals surface area contributed by atoms with Crippen LogP contribution >= 0.6 is 0 Å². The van der Waals surface area contributed by atoms with Gasteiger partial charge in [0.2, 0.25) is 15.9 Å². The lowest BCUT2D eigenvalue weighted by Crippen LogP contribution is -2.38. The number of hydrogen-bond donors (Lipinski definition) is 1. The maximum Gasteiger partial charge on any atom is 0.245 e. The average molecular weight is 389 g/mol. The second-order valence-electron chi connectivity index (χ2n) is 7.25. The third kappa shape index (κ3) is 4.89. The number of hydrogen-bond acceptors (Lipinski definition) is 3. The summed E-state index contributed by atoms with van der Waals surface area (Å²) in [6.07, 6.45) is 1.13. The molecule has 0 aliphatic carbocycles. The molecule has 0 radical (unpaired) electrons. The largest absolute Gasteiger partial charge is 0.324 e. The molecule has 27 heavy (non-hydrogen) atoms. The van der Waals surface area contributed by atoms with Gasteiger partial charge in [-0.1, -0.05) is 50.2 Å². The summed E-state index contributed by atoms with van der Waals surface area (Å²) in [6, 6.07) is 11.4. The van der Waals surface area contributed by atoms with Gasteiger partial charge in [-0.3, -0.25) is 9.10 Å². The van der Waals surface area contributed by atoms with E-state index in [2.05, 4.69) is 5.32 Å². The normalized spacial score (nSPS) is 11.5. The maximum atomic E-state index is 12.7. The Morgan fingerprint density at radius 3 is 2.04 bits per heavy atom. The van der Waals surface area contributed by atoms with Crippen LogP contribution in [0.3, 0.4) is 0 Å². The topological polar surface area (TPSA) is 66.5 Å². The van der Waals surface area contributed by atoms with Gasteiger partial charge in [-0.15, -0.1) is 0 Å². The molecule has 0 atom stereocenters. The van der Waals surface area contributed by atoms with Crippen molar-refractivity contribution in [3.8, 4) is 0 Å². The molecular weight excluding hydrogens is 360 g/mol. The smallest absolute Gasteiger partial charge is 0.245 e. The van der Waals surface area contributed by atoms with Crippen LogP contribution in [-0.2, 0) is 14.8 Å². The van der Waals surface area contributed by atoms with Crippen molar-refractivity contribution in [1.82, 2.24) is 0 Å². The van der Waals surface area contributed by atoms with Crippen LogP contribution in [0.1, 0.15) is 42.0 Å². The van der Waals surface area contributed by atoms with Crippen LogP contribution in [0.2, 0.25) is 0 Å². The summed E-state index contributed by atoms with van der Waals surface area (Å²) >= 11 is 0. The van der Waals surface area contributed by atoms with Crippen LogP contribution < -0.4 is 9.62 Å². The Balaban J connectivity index is 2.42. The Bertz CT molecular complexity index is 930. The summed E-state index contributed by atoms with van der Waals surface area (Å²) in [6.45, 7) is 9.44. The summed E-state index contributed by atoms with van der Waals surface area (Å²) in [7, 11) is -3.63. The van der Waals surface area contributed by atoms with Gasteiger partial charge in [-0.2, -0.15) is 0 Å². The van der Waals surface area contributed by atoms with E-state index in [4.69, 9.17) is 0 Å². The number of rotatable bonds is 6. The first kappa shape index (κ1) is 21.0. The lowest BCUT2D eigenvalue weighted by molar-refractivity contribution is -0.114. The van der Waals surface area contributed by atoms with Gasteiger partial charge in [-0.25, -0.2) is 8.42 Å². The highest BCUT2D eigenvalue weighted by Crippen LogP contribution is 2.32. The standard InChI is InChI=1S/C21H28N2O3S/c1-14(2)18-12-8-11-17(5)21(18)23(27(6,25)26)13-19(24)22-20-15(3)9-7-10-16(20)4/h7-12,14H,13H2,1-6H3,(H,22,24). The molecule has 0 aromatic heterocycles. The lowest BCUT2D eigenvalue weighted by Gasteiger charge is -2.27. The number of aryl methyl sites for hydroxylation is 3. The van der Waals surface area contributed by atoms with E-state index in [1.54, 1.807) is 0 Å². The summed E-state index contributed by atoms with van der Waals surface area (Å²) < 4.78 is 26.3. The molecule has 0 saturated carbocycles. The molecule has 0 unspecified atom stereocenters. The molecule has 1 amide bonds. The summed E-state index contributed by atoms with van der Waals surface area (Å²) in [5, 5.41) is 2.87. The molecule has 0 aliphatic heterocycles. The molecule has 1 N–H and O–H groups in total. The number of sulfonamides is 1. The summed E-state index contributed by atoms with van der Waals surface area (Å²) in [4.78, 5) is 12.7. The molecule has 146 valence electrons. The third-order valence-corrected chi connectivity index (χ3v) is 5.69. The lowest BCUT2D eigenvalue weighted by atomic mass is 9.98. The van der Waals surface area contributed by atoms with Crippen LogP contribution in [0.5, 0.6) is 0 Å². The fourth-order valence-electron chi connectivity index (χ4n) is 3.17. The summed E-state index contributed by atoms with van der Waals surface area (Å²) in [5.74, 6) is -0.235. The maximum absolute atomic E-state index is 12.7. The molecule has 0 bridgehead atoms. The van der Waals surface area contributed by atoms with Crippen molar-refractivity contribution in [3.05, 3.63) is 58.7 Å². The Morgan fingerprint density at radius 2 is 1.52 bits per heavy atom. The zero-order chi connectivity index (χ0) is 20.4. The summed E-state index contributed by atoms with van der Waals surface area (Å²) in [5.41, 5.74) is 4.92. The van der Waals surface area contributed by atoms with Crippen LogP contribution in [0.4, 0.5) is 11.4 Å². The molecule has 0 saturated heterocycles. The molecule has 0 heterocycles. The van der Waals surface area contributed by atoms with Crippen LogP contribution in [0.15, 0.2) is 36.4 Å². The number of amides is 1. The average Bonchev–Trinajstić information content (AvgIpc) is 2.55. The van der Waals surface area contributed by atoms with Gasteiger partial charge in [0, 0.05) is 5.69 Å². The van der Waals surface area contributed by atoms with E-state index in [1.807, 2.05) is 71.0 Å². The van der Waals surface area contributed by atoms with E-state index in [1.165, 1.54) is 4.31 Å². The number of para-hydroxylation sites is 2. The van der Waals surface area contributed by atoms with Gasteiger partial charge >= 0.3 is 0 Å². The van der Waals surface area contributed by atoms with Crippen LogP contribution in [0, 0.1) is 20.8 Å². The van der Waals surface area contributed by atoms with Crippen molar-refractivity contribution in [2.24, 2.45) is 0 Å². The molecule has 0 aliphatic rings. The van der Waals surface area contributed by atoms with Gasteiger partial charge in [0.25, 0.3) is 0 Å². The first-order chi connectivity index (χ1) is 12.5. The molecule has 5 nitrogen and oxygen atoms in total. The molecule has 2 aromatic rings. The zero-order valence-corrected chi connectivity index (χ0v) is 17.6. The highest BCUT2D eigenvalue weighted by atomic mass is 32.2. The predicted octanol–water partition coefficient (Wildman–Crippen LogP) is 4.14. The minimum atomic E-state index is -3.63. The quantitative estimate of drug-likeness (QED) is 0.809. The molecule has 2 rings (SSSR count). The Kier molecular flexibility index (Phi) is 6.31. The third-order valence-electron chi connectivity index (χ3n) is 4.57. The Hall–Kier alpha value is -2.34. The van der Waals surface area contributed by atoms with E-state index in [0.29, 0.717) is 5.69 Å². The molecular formula is C21H28N2O3S. The van der Waals surface area contributed by atoms with E-state index >= 15 is 0 Å². The number of nitrogens with one attached hydrogen (secondary N) is 1. The Labute approximate surface area is 162 Å². The van der Waals surface area contributed by atoms with Gasteiger partial charge < -0.3 is 5.32 Å². The minimum Gasteiger partial charge on any atom is -0.324 e. The predicted molar refractivity (Wildman–Crippen MR) is 112 cm³/mol. The van der Waals surface area contributed by atoms with Crippen LogP contribution in [0.25, 0.3) is 0 Å². The van der Waals surface area contributed by atoms with Crippen molar-refractivity contribution in [2.45, 2.75) is 40.5 Å². The minimum absolute atomic E-state index is 0.130. The van der Waals surface area contributed by atoms with E-state index < -0.39 is 10.0 Å². The number of nitrogens with zero attached hydrogens (tertiary/aromatic N) is 1. The van der Waals surface area contributed by atoms with Crippen molar-refractivity contribution >= 4 is 27.3 Å². The Morgan fingerprint density at radius 1 is 1.00 bits per heavy atom. The monoisotopic (exact) mass is 388 g/mol. The van der Waals surface area contributed by atoms with Crippen LogP contribution in [-0.4, -0.2) is 27.1 Å². The van der Waals surface area contributed by atoms with E-state index in [9.17, 15) is 13.2 Å². The number of carbonyl (C=O) groups excluding carboxylic acids is 1. The van der Waals surface area contributed by atoms with Crippen molar-refractivity contribution in [2.75, 3.05) is 22.4 Å². The highest BCUT2D eigenvalue weighted by Gasteiger charge is 2.26. The molecule has 2 aromatic carbocycles. The van der Waals surface area contributed by atoms with Gasteiger partial charge in [0.15, 0.2) is 0 Å². The number of benzene rings is 2. The van der Waals surface area contributed by atoms with Crippen molar-refractivity contribution < 1.29 is 13.2 Å². The first-order valence-corrected chi connectivity index (χ1v) is 10.8. The second-order valence-corrected chi connectivity index (χ2v) is 9.16. The molecule has 0 fully saturated rings. The first-order valence-electron chi connectivity index (χ1n) is 8.95. The van der Waals surface area contributed by atoms with E-state index in [0.717, 1.165) is 34.2 Å². The van der Waals surface area contributed by atoms with Gasteiger partial charge in [0.1, 0.15) is 6.54 Å². The van der Waals surface area contributed by atoms with E-state index in [-0.39, 0.29) is 18.4 Å². The second kappa shape index (κ2) is 8.13. The fraction of sp³-hybridized carbons (Fsp3) is 0.381. The highest BCUT2D eigenvalue weighted by molar-refractivity contribution is 7.92. The SMILES string of the molecule is Cc1cccc(C)c1NC(=O)CN(c1c(C)cccc1C(C)C)S(C)(=O)=O. The fourth-order valence-corrected chi connectivity index (χ4v) is 4.10. The van der Waals surface area contributed by atoms with Gasteiger partial charge in [0.05, 0.1) is 11.9 Å². The molecule has 0 spiro atoms. The van der Waals surface area contributed by atoms with Crippen molar-refractivity contribution in [1.29, 1.82) is 0 Å². The number of anilines is 2. The van der Waals surface area contributed by atoms with Crippen molar-refractivity contribution in [3.63, 3.8) is 0 Å².